The average Bonchev–Trinajstić information content (AvgIpc) is 3.43. The summed E-state index contributed by atoms with van der Waals surface area (Å²) in [6, 6.07) is 13.7. The molecule has 44 heavy (non-hydrogen) atoms. The Hall–Kier alpha value is -4.74. The summed E-state index contributed by atoms with van der Waals surface area (Å²) in [4.78, 5) is 49.2. The SMILES string of the molecule is COc1cc(-c2cccc(-c3cccc(NC(=O)c4cn(C)c(=O)n(C)c4=O)c3C)c2Cl)cc(F)c1CNC1CNC(=O)C1. The van der Waals surface area contributed by atoms with Gasteiger partial charge < -0.3 is 25.3 Å². The fraction of sp³-hybridized carbons (Fsp3) is 0.250. The molecular weight excluding hydrogens is 589 g/mol. The molecule has 0 aliphatic carbocycles. The normalized spacial score (nSPS) is 14.4. The molecule has 3 aromatic carbocycles. The zero-order valence-electron chi connectivity index (χ0n) is 24.6. The highest BCUT2D eigenvalue weighted by Gasteiger charge is 2.23. The number of aromatic nitrogens is 2. The summed E-state index contributed by atoms with van der Waals surface area (Å²) in [5.74, 6) is -0.833. The maximum Gasteiger partial charge on any atom is 0.330 e. The lowest BCUT2D eigenvalue weighted by molar-refractivity contribution is -0.119. The Kier molecular flexibility index (Phi) is 8.70. The van der Waals surface area contributed by atoms with Crippen molar-refractivity contribution in [3.8, 4) is 28.0 Å². The minimum absolute atomic E-state index is 0.0435. The summed E-state index contributed by atoms with van der Waals surface area (Å²) in [7, 11) is 4.24. The monoisotopic (exact) mass is 619 g/mol. The lowest BCUT2D eigenvalue weighted by Gasteiger charge is -2.18. The number of ether oxygens (including phenoxy) is 1. The highest BCUT2D eigenvalue weighted by molar-refractivity contribution is 6.36. The Morgan fingerprint density at radius 2 is 1.80 bits per heavy atom. The van der Waals surface area contributed by atoms with E-state index in [1.54, 1.807) is 30.3 Å². The first kappa shape index (κ1) is 30.7. The predicted octanol–water partition coefficient (Wildman–Crippen LogP) is 3.76. The molecule has 1 fully saturated rings. The molecule has 1 aliphatic rings. The Labute approximate surface area is 257 Å². The van der Waals surface area contributed by atoms with Crippen LogP contribution in [0.2, 0.25) is 5.02 Å². The van der Waals surface area contributed by atoms with Crippen LogP contribution in [0.5, 0.6) is 5.75 Å². The second-order valence-electron chi connectivity index (χ2n) is 10.6. The van der Waals surface area contributed by atoms with Crippen molar-refractivity contribution < 1.29 is 18.7 Å². The predicted molar refractivity (Wildman–Crippen MR) is 167 cm³/mol. The van der Waals surface area contributed by atoms with Crippen LogP contribution in [-0.4, -0.2) is 40.6 Å². The molecule has 1 atom stereocenters. The molecule has 0 saturated carbocycles. The van der Waals surface area contributed by atoms with Gasteiger partial charge in [-0.05, 0) is 41.8 Å². The first-order chi connectivity index (χ1) is 21.0. The van der Waals surface area contributed by atoms with E-state index in [1.807, 2.05) is 19.1 Å². The van der Waals surface area contributed by atoms with Crippen LogP contribution in [0.15, 0.2) is 64.3 Å². The van der Waals surface area contributed by atoms with E-state index in [-0.39, 0.29) is 24.1 Å². The molecule has 1 unspecified atom stereocenters. The Balaban J connectivity index is 1.46. The highest BCUT2D eigenvalue weighted by atomic mass is 35.5. The molecule has 1 aromatic heterocycles. The van der Waals surface area contributed by atoms with Gasteiger partial charge in [-0.25, -0.2) is 9.18 Å². The summed E-state index contributed by atoms with van der Waals surface area (Å²) in [5, 5.41) is 9.09. The minimum atomic E-state index is -0.703. The Bertz CT molecular complexity index is 1920. The second-order valence-corrected chi connectivity index (χ2v) is 11.0. The number of hydrogen-bond acceptors (Lipinski definition) is 6. The number of carbonyl (C=O) groups excluding carboxylic acids is 2. The third-order valence-corrected chi connectivity index (χ3v) is 8.20. The molecule has 0 bridgehead atoms. The largest absolute Gasteiger partial charge is 0.496 e. The molecule has 3 N–H and O–H groups in total. The number of anilines is 1. The molecule has 5 rings (SSSR count). The number of methoxy groups -OCH3 is 1. The molecule has 2 amide bonds. The van der Waals surface area contributed by atoms with Gasteiger partial charge in [0.15, 0.2) is 0 Å². The van der Waals surface area contributed by atoms with Crippen molar-refractivity contribution in [3.63, 3.8) is 0 Å². The molecule has 2 heterocycles. The van der Waals surface area contributed by atoms with Crippen molar-refractivity contribution >= 4 is 29.1 Å². The lowest BCUT2D eigenvalue weighted by Crippen LogP contribution is -2.40. The van der Waals surface area contributed by atoms with Gasteiger partial charge in [-0.1, -0.05) is 41.9 Å². The van der Waals surface area contributed by atoms with Crippen molar-refractivity contribution in [3.05, 3.63) is 103 Å². The second kappa shape index (κ2) is 12.5. The molecule has 10 nitrogen and oxygen atoms in total. The van der Waals surface area contributed by atoms with E-state index in [0.717, 1.165) is 10.1 Å². The van der Waals surface area contributed by atoms with Crippen molar-refractivity contribution in [2.24, 2.45) is 14.1 Å². The quantitative estimate of drug-likeness (QED) is 0.276. The number of nitrogens with one attached hydrogen (secondary N) is 3. The third kappa shape index (κ3) is 5.88. The summed E-state index contributed by atoms with van der Waals surface area (Å²) < 4.78 is 23.0. The zero-order chi connectivity index (χ0) is 31.7. The number of hydrogen-bond donors (Lipinski definition) is 3. The summed E-state index contributed by atoms with van der Waals surface area (Å²) in [6.45, 7) is 2.48. The van der Waals surface area contributed by atoms with Crippen LogP contribution in [0.1, 0.15) is 27.9 Å². The van der Waals surface area contributed by atoms with Crippen LogP contribution >= 0.6 is 11.6 Å². The smallest absolute Gasteiger partial charge is 0.330 e. The van der Waals surface area contributed by atoms with Gasteiger partial charge in [0.2, 0.25) is 5.91 Å². The standard InChI is InChI=1S/C32H31ClFN5O5/c1-17-20(7-6-10-26(17)37-30(41)24-16-38(2)32(43)39(3)31(24)42)22-9-5-8-21(29(22)33)18-11-25(34)23(27(12-18)44-4)15-35-19-13-28(40)36-14-19/h5-12,16,19,35H,13-15H2,1-4H3,(H,36,40)(H,37,41). The van der Waals surface area contributed by atoms with Crippen molar-refractivity contribution in [1.29, 1.82) is 0 Å². The molecule has 12 heteroatoms. The van der Waals surface area contributed by atoms with Gasteiger partial charge >= 0.3 is 5.69 Å². The van der Waals surface area contributed by atoms with Crippen LogP contribution in [0, 0.1) is 12.7 Å². The van der Waals surface area contributed by atoms with Crippen LogP contribution < -0.4 is 31.9 Å². The Morgan fingerprint density at radius 1 is 1.09 bits per heavy atom. The van der Waals surface area contributed by atoms with E-state index >= 15 is 4.39 Å². The van der Waals surface area contributed by atoms with E-state index in [4.69, 9.17) is 16.3 Å². The van der Waals surface area contributed by atoms with Gasteiger partial charge in [0.1, 0.15) is 17.1 Å². The summed E-state index contributed by atoms with van der Waals surface area (Å²) in [6.07, 6.45) is 1.54. The lowest BCUT2D eigenvalue weighted by atomic mass is 9.94. The van der Waals surface area contributed by atoms with Gasteiger partial charge in [0.25, 0.3) is 11.5 Å². The first-order valence-corrected chi connectivity index (χ1v) is 14.2. The topological polar surface area (TPSA) is 123 Å². The summed E-state index contributed by atoms with van der Waals surface area (Å²) >= 11 is 6.94. The van der Waals surface area contributed by atoms with Gasteiger partial charge in [-0.15, -0.1) is 0 Å². The number of rotatable bonds is 8. The molecule has 1 aliphatic heterocycles. The van der Waals surface area contributed by atoms with Gasteiger partial charge in [-0.3, -0.25) is 19.0 Å². The zero-order valence-corrected chi connectivity index (χ0v) is 25.3. The van der Waals surface area contributed by atoms with E-state index < -0.39 is 23.0 Å². The molecular formula is C32H31ClFN5O5. The molecule has 0 radical (unpaired) electrons. The van der Waals surface area contributed by atoms with E-state index in [9.17, 15) is 19.2 Å². The maximum atomic E-state index is 15.4. The van der Waals surface area contributed by atoms with Crippen LogP contribution in [0.4, 0.5) is 10.1 Å². The molecule has 228 valence electrons. The number of benzene rings is 3. The Morgan fingerprint density at radius 3 is 2.50 bits per heavy atom. The fourth-order valence-electron chi connectivity index (χ4n) is 5.30. The first-order valence-electron chi connectivity index (χ1n) is 13.8. The number of amides is 2. The molecule has 4 aromatic rings. The minimum Gasteiger partial charge on any atom is -0.496 e. The molecule has 1 saturated heterocycles. The van der Waals surface area contributed by atoms with Crippen LogP contribution in [0.3, 0.4) is 0 Å². The number of aryl methyl sites for hydroxylation is 1. The van der Waals surface area contributed by atoms with Crippen LogP contribution in [-0.2, 0) is 25.4 Å². The van der Waals surface area contributed by atoms with Crippen molar-refractivity contribution in [1.82, 2.24) is 19.8 Å². The van der Waals surface area contributed by atoms with Gasteiger partial charge in [0.05, 0.1) is 12.1 Å². The van der Waals surface area contributed by atoms with E-state index in [0.29, 0.717) is 57.2 Å². The fourth-order valence-corrected chi connectivity index (χ4v) is 5.63. The third-order valence-electron chi connectivity index (χ3n) is 7.79. The van der Waals surface area contributed by atoms with Crippen molar-refractivity contribution in [2.75, 3.05) is 19.0 Å². The number of nitrogens with zero attached hydrogens (tertiary/aromatic N) is 2. The van der Waals surface area contributed by atoms with E-state index in [2.05, 4.69) is 16.0 Å². The van der Waals surface area contributed by atoms with Gasteiger partial charge in [0, 0.05) is 68.2 Å². The maximum absolute atomic E-state index is 15.4. The van der Waals surface area contributed by atoms with Crippen LogP contribution in [0.25, 0.3) is 22.3 Å². The summed E-state index contributed by atoms with van der Waals surface area (Å²) in [5.41, 5.74) is 2.52. The average molecular weight is 620 g/mol. The van der Waals surface area contributed by atoms with Crippen molar-refractivity contribution in [2.45, 2.75) is 25.9 Å². The van der Waals surface area contributed by atoms with E-state index in [1.165, 1.54) is 38.0 Å². The number of carbonyl (C=O) groups is 2. The number of halogens is 2. The molecule has 0 spiro atoms. The van der Waals surface area contributed by atoms with Gasteiger partial charge in [-0.2, -0.15) is 0 Å². The highest BCUT2D eigenvalue weighted by Crippen LogP contribution is 2.40.